The maximum absolute atomic E-state index is 13.8. The van der Waals surface area contributed by atoms with Gasteiger partial charge in [0.1, 0.15) is 101 Å². The van der Waals surface area contributed by atoms with E-state index in [2.05, 4.69) is 150 Å². The molecule has 0 heterocycles. The van der Waals surface area contributed by atoms with Crippen LogP contribution in [0.3, 0.4) is 0 Å². The summed E-state index contributed by atoms with van der Waals surface area (Å²) in [6, 6.07) is 50.8. The molecule has 0 aliphatic heterocycles. The van der Waals surface area contributed by atoms with Crippen molar-refractivity contribution in [1.82, 2.24) is 0 Å². The molecular weight excluding hydrogens is 2510 g/mol. The molecular formula is C116H151Br9O25. The highest BCUT2D eigenvalue weighted by Gasteiger charge is 2.47. The van der Waals surface area contributed by atoms with Gasteiger partial charge in [0.05, 0.1) is 48.7 Å². The maximum atomic E-state index is 13.8. The van der Waals surface area contributed by atoms with E-state index in [0.717, 1.165) is 50.1 Å². The molecule has 3 N–H and O–H groups in total. The maximum Gasteiger partial charge on any atom is 0.322 e. The van der Waals surface area contributed by atoms with E-state index in [0.29, 0.717) is 69.3 Å². The Labute approximate surface area is 962 Å². The molecule has 7 aromatic carbocycles. The summed E-state index contributed by atoms with van der Waals surface area (Å²) >= 11 is 32.0. The minimum Gasteiger partial charge on any atom is -0.508 e. The van der Waals surface area contributed by atoms with Crippen molar-refractivity contribution in [2.24, 2.45) is 48.7 Å². The van der Waals surface area contributed by atoms with E-state index >= 15 is 0 Å². The largest absolute Gasteiger partial charge is 0.508 e. The van der Waals surface area contributed by atoms with Gasteiger partial charge in [-0.2, -0.15) is 0 Å². The van der Waals surface area contributed by atoms with Crippen molar-refractivity contribution in [2.45, 2.75) is 273 Å². The number of esters is 11. The summed E-state index contributed by atoms with van der Waals surface area (Å²) in [4.78, 5) is 140. The van der Waals surface area contributed by atoms with E-state index in [1.165, 1.54) is 13.8 Å². The van der Waals surface area contributed by atoms with Crippen molar-refractivity contribution in [1.29, 1.82) is 0 Å². The third-order valence-electron chi connectivity index (χ3n) is 25.3. The number of phenolic OH excluding ortho intramolecular Hbond substituents is 3. The lowest BCUT2D eigenvalue weighted by molar-refractivity contribution is -0.175. The van der Waals surface area contributed by atoms with Crippen LogP contribution in [-0.4, -0.2) is 153 Å². The third-order valence-corrected chi connectivity index (χ3v) is 31.4. The average Bonchev–Trinajstić information content (AvgIpc) is 0.813. The van der Waals surface area contributed by atoms with E-state index in [4.69, 9.17) is 52.1 Å². The third kappa shape index (κ3) is 45.9. The first-order chi connectivity index (χ1) is 69.2. The van der Waals surface area contributed by atoms with Crippen LogP contribution in [0.15, 0.2) is 176 Å². The van der Waals surface area contributed by atoms with Gasteiger partial charge < -0.3 is 67.4 Å². The van der Waals surface area contributed by atoms with Gasteiger partial charge in [0, 0.05) is 42.8 Å². The molecule has 0 fully saturated rings. The molecule has 0 saturated carbocycles. The number of rotatable bonds is 51. The standard InChI is InChI=1S/C46H59Br3O8.C42H53Br3O9.C18H29Br3O6.C10H10O2/c1-11-46(27-54-40(51)43(5,6)24-37(47)33-16-12-30(2)13-17-33,28-55-41(52)44(7,8)25-38(48)34-18-14-31(3)15-19-34)29-56-42(53)45(9,10)26-39(49)35-20-22-36(23-21-35)57-32(4)50;1-8-42(24-52-36(49)39(2,3)21-33(43)27-9-15-30(46)16-10-27,25-53-37(50)40(4,5)22-34(44)28-11-17-31(47)18-12-28)26-54-38(51)41(6,7)23-35(45)29-13-19-32(48)20-14-29;1-8-18(9-25-12(22)15(2,3)19,10-26-13(23)16(4,5)20)11-27-14(24)17(6,7)21;1-3-9-4-6-10(7-5-9)12-8(2)11/h12-23,37-39H,11,24-29H2,1-10H3;9-20,33-35,46-48H,8,21-26H2,1-7H3;8-11H2,1-7H3;3-7H,1H2,2H3. The average molecular weight is 2660 g/mol. The number of halogens is 9. The Bertz CT molecular complexity index is 5180. The second-order valence-corrected chi connectivity index (χ2v) is 56.2. The Morgan fingerprint density at radius 2 is 0.420 bits per heavy atom. The lowest BCUT2D eigenvalue weighted by Crippen LogP contribution is -2.43. The van der Waals surface area contributed by atoms with Crippen LogP contribution in [0, 0.1) is 62.6 Å². The van der Waals surface area contributed by atoms with E-state index in [1.807, 2.05) is 149 Å². The number of carbonyl (C=O) groups excluding carboxylic acids is 11. The molecule has 7 rings (SSSR count). The van der Waals surface area contributed by atoms with Gasteiger partial charge in [0.15, 0.2) is 0 Å². The number of aromatic hydroxyl groups is 3. The minimum atomic E-state index is -1.05. The van der Waals surface area contributed by atoms with E-state index < -0.39 is 121 Å². The Kier molecular flexibility index (Phi) is 53.7. The molecule has 34 heteroatoms. The van der Waals surface area contributed by atoms with Crippen LogP contribution in [0.5, 0.6) is 28.7 Å². The monoisotopic (exact) mass is 2650 g/mol. The lowest BCUT2D eigenvalue weighted by Gasteiger charge is -2.35. The van der Waals surface area contributed by atoms with E-state index in [1.54, 1.807) is 186 Å². The molecule has 0 saturated heterocycles. The van der Waals surface area contributed by atoms with Crippen LogP contribution >= 0.6 is 143 Å². The smallest absolute Gasteiger partial charge is 0.322 e. The first-order valence-electron chi connectivity index (χ1n) is 49.4. The van der Waals surface area contributed by atoms with Crippen molar-refractivity contribution < 1.29 is 120 Å². The van der Waals surface area contributed by atoms with Crippen molar-refractivity contribution in [3.05, 3.63) is 227 Å². The Hall–Kier alpha value is -7.83. The zero-order chi connectivity index (χ0) is 114. The highest BCUT2D eigenvalue weighted by Crippen LogP contribution is 2.47. The van der Waals surface area contributed by atoms with Crippen LogP contribution in [0.25, 0.3) is 6.08 Å². The molecule has 6 atom stereocenters. The number of alkyl halides is 9. The Morgan fingerprint density at radius 1 is 0.267 bits per heavy atom. The first kappa shape index (κ1) is 134. The number of carbonyl (C=O) groups is 11. The number of benzene rings is 7. The molecule has 0 spiro atoms. The highest BCUT2D eigenvalue weighted by molar-refractivity contribution is 9.11. The van der Waals surface area contributed by atoms with Gasteiger partial charge in [-0.05, 0) is 296 Å². The van der Waals surface area contributed by atoms with Gasteiger partial charge >= 0.3 is 65.7 Å². The summed E-state index contributed by atoms with van der Waals surface area (Å²) in [5, 5.41) is 29.1. The van der Waals surface area contributed by atoms with Gasteiger partial charge in [0.2, 0.25) is 0 Å². The molecule has 828 valence electrons. The Morgan fingerprint density at radius 3 is 0.573 bits per heavy atom. The fourth-order valence-electron chi connectivity index (χ4n) is 14.2. The van der Waals surface area contributed by atoms with Crippen molar-refractivity contribution in [2.75, 3.05) is 59.5 Å². The molecule has 0 aliphatic carbocycles. The highest BCUT2D eigenvalue weighted by atomic mass is 79.9. The molecule has 0 aromatic heterocycles. The SMILES string of the molecule is C=Cc1ccc(OC(C)=O)cc1.CCC(COC(=O)C(C)(C)Br)(COC(=O)C(C)(C)Br)COC(=O)C(C)(C)Br.CCC(COC(=O)C(C)(C)CC(Br)c1ccc(C)cc1)(COC(=O)C(C)(C)CC(Br)c1ccc(C)cc1)COC(=O)C(C)(C)CC(Br)c1ccc(OC(C)=O)cc1.CCC(COC(=O)C(C)(C)CC(Br)c1ccc(O)cc1)(COC(=O)C(C)(C)CC(Br)c1ccc(O)cc1)COC(=O)C(C)(C)CC(Br)c1ccc(O)cc1. The van der Waals surface area contributed by atoms with Crippen molar-refractivity contribution >= 4 is 215 Å². The zero-order valence-electron chi connectivity index (χ0n) is 90.9. The zero-order valence-corrected chi connectivity index (χ0v) is 105. The molecule has 0 amide bonds. The predicted octanol–water partition coefficient (Wildman–Crippen LogP) is 29.8. The molecule has 150 heavy (non-hydrogen) atoms. The normalized spacial score (nSPS) is 14.1. The number of hydrogen-bond acceptors (Lipinski definition) is 25. The predicted molar refractivity (Wildman–Crippen MR) is 618 cm³/mol. The summed E-state index contributed by atoms with van der Waals surface area (Å²) in [5.41, 5.74) is 0.661. The molecule has 7 aromatic rings. The van der Waals surface area contributed by atoms with Crippen LogP contribution in [-0.2, 0) is 95.4 Å². The quantitative estimate of drug-likeness (QED) is 0.0138. The summed E-state index contributed by atoms with van der Waals surface area (Å²) < 4.78 is 59.8. The van der Waals surface area contributed by atoms with Crippen LogP contribution in [0.1, 0.15) is 296 Å². The number of aryl methyl sites for hydroxylation is 2. The van der Waals surface area contributed by atoms with Crippen LogP contribution in [0.4, 0.5) is 0 Å². The van der Waals surface area contributed by atoms with Gasteiger partial charge in [-0.1, -0.05) is 297 Å². The lowest BCUT2D eigenvalue weighted by atomic mass is 9.84. The summed E-state index contributed by atoms with van der Waals surface area (Å²) in [7, 11) is 0. The van der Waals surface area contributed by atoms with Gasteiger partial charge in [0.25, 0.3) is 0 Å². The van der Waals surface area contributed by atoms with Gasteiger partial charge in [-0.3, -0.25) is 52.7 Å². The molecule has 25 nitrogen and oxygen atoms in total. The fraction of sp³-hybridized carbons (Fsp3) is 0.526. The van der Waals surface area contributed by atoms with Gasteiger partial charge in [-0.15, -0.1) is 0 Å². The molecule has 0 bridgehead atoms. The fourth-order valence-corrected chi connectivity index (χ4v) is 21.2. The molecule has 0 aliphatic rings. The second-order valence-electron chi connectivity index (χ2n) is 43.6. The first-order valence-corrected chi connectivity index (χ1v) is 57.3. The van der Waals surface area contributed by atoms with E-state index in [9.17, 15) is 68.1 Å². The Balaban J connectivity index is 0.000000464. The van der Waals surface area contributed by atoms with Crippen molar-refractivity contribution in [3.8, 4) is 28.7 Å². The summed E-state index contributed by atoms with van der Waals surface area (Å²) in [6.07, 6.45) is 5.50. The van der Waals surface area contributed by atoms with E-state index in [-0.39, 0.29) is 112 Å². The minimum absolute atomic E-state index is 0.0522. The van der Waals surface area contributed by atoms with Crippen molar-refractivity contribution in [3.63, 3.8) is 0 Å². The van der Waals surface area contributed by atoms with Gasteiger partial charge in [-0.25, -0.2) is 0 Å². The number of phenols is 3. The summed E-state index contributed by atoms with van der Waals surface area (Å²) in [6.45, 7) is 46.8. The second kappa shape index (κ2) is 59.9. The molecule has 0 radical (unpaired) electrons. The number of hydrogen-bond donors (Lipinski definition) is 3. The topological polar surface area (TPSA) is 350 Å². The summed E-state index contributed by atoms with van der Waals surface area (Å²) in [5.74, 6) is -3.29. The number of ether oxygens (including phenoxy) is 11. The van der Waals surface area contributed by atoms with Crippen LogP contribution < -0.4 is 9.47 Å². The van der Waals surface area contributed by atoms with Crippen LogP contribution in [0.2, 0.25) is 0 Å². The molecule has 6 unspecified atom stereocenters.